The average molecular weight is 498 g/mol. The minimum Gasteiger partial charge on any atom is -0.354 e. The van der Waals surface area contributed by atoms with Crippen LogP contribution < -0.4 is 15.5 Å². The number of nitrogens with one attached hydrogen (secondary N) is 2. The Bertz CT molecular complexity index is 1440. The first kappa shape index (κ1) is 24.3. The molecular weight excluding hydrogens is 469 g/mol. The van der Waals surface area contributed by atoms with Crippen molar-refractivity contribution in [1.82, 2.24) is 19.9 Å². The van der Waals surface area contributed by atoms with Crippen LogP contribution in [0.25, 0.3) is 22.0 Å². The molecule has 0 saturated carbocycles. The highest BCUT2D eigenvalue weighted by atomic mass is 19.1. The van der Waals surface area contributed by atoms with Gasteiger partial charge in [0.2, 0.25) is 5.95 Å². The van der Waals surface area contributed by atoms with Crippen molar-refractivity contribution in [3.63, 3.8) is 0 Å². The van der Waals surface area contributed by atoms with E-state index in [4.69, 9.17) is 4.98 Å². The number of carbonyl (C=O) groups is 1. The molecule has 0 spiro atoms. The molecule has 5 rings (SSSR count). The molecule has 1 amide bonds. The fourth-order valence-electron chi connectivity index (χ4n) is 4.28. The van der Waals surface area contributed by atoms with E-state index in [1.807, 2.05) is 48.5 Å². The number of anilines is 4. The van der Waals surface area contributed by atoms with Crippen LogP contribution in [0.4, 0.5) is 27.5 Å². The van der Waals surface area contributed by atoms with Crippen LogP contribution in [-0.4, -0.2) is 59.0 Å². The van der Waals surface area contributed by atoms with E-state index in [2.05, 4.69) is 37.4 Å². The second-order valence-corrected chi connectivity index (χ2v) is 9.06. The third-order valence-electron chi connectivity index (χ3n) is 6.21. The molecule has 3 heterocycles. The van der Waals surface area contributed by atoms with E-state index in [1.165, 1.54) is 6.92 Å². The van der Waals surface area contributed by atoms with E-state index in [0.717, 1.165) is 65.8 Å². The molecule has 1 aliphatic rings. The van der Waals surface area contributed by atoms with Crippen LogP contribution in [0.1, 0.15) is 6.92 Å². The molecule has 2 aromatic carbocycles. The third-order valence-corrected chi connectivity index (χ3v) is 6.21. The highest BCUT2D eigenvalue weighted by molar-refractivity contribution is 6.00. The molecule has 1 aliphatic heterocycles. The highest BCUT2D eigenvalue weighted by Crippen LogP contribution is 2.30. The molecular formula is C28H28FN7O. The van der Waals surface area contributed by atoms with Crippen molar-refractivity contribution in [2.45, 2.75) is 6.92 Å². The van der Waals surface area contributed by atoms with Gasteiger partial charge in [-0.3, -0.25) is 4.79 Å². The summed E-state index contributed by atoms with van der Waals surface area (Å²) in [6, 6.07) is 17.2. The molecule has 8 nitrogen and oxygen atoms in total. The van der Waals surface area contributed by atoms with Gasteiger partial charge in [0, 0.05) is 55.1 Å². The van der Waals surface area contributed by atoms with Gasteiger partial charge in [0.25, 0.3) is 5.91 Å². The van der Waals surface area contributed by atoms with Gasteiger partial charge in [-0.25, -0.2) is 19.3 Å². The average Bonchev–Trinajstić information content (AvgIpc) is 2.89. The van der Waals surface area contributed by atoms with Crippen molar-refractivity contribution in [3.05, 3.63) is 78.9 Å². The van der Waals surface area contributed by atoms with Crippen LogP contribution in [0.15, 0.2) is 78.9 Å². The summed E-state index contributed by atoms with van der Waals surface area (Å²) in [6.45, 7) is 5.21. The number of benzene rings is 2. The molecule has 0 aliphatic carbocycles. The lowest BCUT2D eigenvalue weighted by Gasteiger charge is -2.33. The maximum absolute atomic E-state index is 13.1. The predicted molar refractivity (Wildman–Crippen MR) is 146 cm³/mol. The molecule has 2 N–H and O–H groups in total. The first-order valence-corrected chi connectivity index (χ1v) is 12.1. The second kappa shape index (κ2) is 10.7. The summed E-state index contributed by atoms with van der Waals surface area (Å²) in [5.74, 6) is 0.353. The lowest BCUT2D eigenvalue weighted by atomic mass is 10.0. The zero-order valence-electron chi connectivity index (χ0n) is 20.8. The number of allylic oxidation sites excluding steroid dienone is 1. The van der Waals surface area contributed by atoms with Crippen molar-refractivity contribution in [1.29, 1.82) is 0 Å². The van der Waals surface area contributed by atoms with Gasteiger partial charge in [0.05, 0.1) is 17.4 Å². The molecule has 0 radical (unpaired) electrons. The van der Waals surface area contributed by atoms with Crippen LogP contribution in [0.2, 0.25) is 0 Å². The number of nitrogens with zero attached hydrogens (tertiary/aromatic N) is 5. The Labute approximate surface area is 214 Å². The van der Waals surface area contributed by atoms with Gasteiger partial charge in [-0.05, 0) is 43.8 Å². The van der Waals surface area contributed by atoms with Gasteiger partial charge in [-0.2, -0.15) is 0 Å². The number of pyridine rings is 1. The van der Waals surface area contributed by atoms with E-state index in [0.29, 0.717) is 11.6 Å². The summed E-state index contributed by atoms with van der Waals surface area (Å²) < 4.78 is 13.1. The number of aromatic nitrogens is 3. The minimum atomic E-state index is -0.552. The Morgan fingerprint density at radius 2 is 1.78 bits per heavy atom. The number of piperazine rings is 1. The summed E-state index contributed by atoms with van der Waals surface area (Å²) in [5, 5.41) is 6.84. The van der Waals surface area contributed by atoms with Crippen LogP contribution in [0, 0.1) is 0 Å². The molecule has 0 atom stereocenters. The van der Waals surface area contributed by atoms with Crippen LogP contribution in [0.5, 0.6) is 0 Å². The first-order chi connectivity index (χ1) is 17.9. The van der Waals surface area contributed by atoms with E-state index in [9.17, 15) is 9.18 Å². The van der Waals surface area contributed by atoms with E-state index >= 15 is 0 Å². The number of fused-ring (bicyclic) bond motifs is 1. The van der Waals surface area contributed by atoms with Crippen molar-refractivity contribution < 1.29 is 9.18 Å². The predicted octanol–water partition coefficient (Wildman–Crippen LogP) is 5.00. The number of para-hydroxylation sites is 1. The van der Waals surface area contributed by atoms with E-state index in [-0.39, 0.29) is 0 Å². The van der Waals surface area contributed by atoms with Gasteiger partial charge in [0.15, 0.2) is 0 Å². The third kappa shape index (κ3) is 5.90. The monoisotopic (exact) mass is 497 g/mol. The summed E-state index contributed by atoms with van der Waals surface area (Å²) in [4.78, 5) is 30.5. The van der Waals surface area contributed by atoms with Gasteiger partial charge >= 0.3 is 0 Å². The topological polar surface area (TPSA) is 86.3 Å². The van der Waals surface area contributed by atoms with Crippen molar-refractivity contribution >= 4 is 40.0 Å². The number of halogens is 1. The molecule has 0 bridgehead atoms. The number of rotatable bonds is 6. The molecule has 37 heavy (non-hydrogen) atoms. The maximum atomic E-state index is 13.1. The number of amides is 1. The highest BCUT2D eigenvalue weighted by Gasteiger charge is 2.15. The molecule has 1 fully saturated rings. The van der Waals surface area contributed by atoms with E-state index in [1.54, 1.807) is 18.5 Å². The van der Waals surface area contributed by atoms with Crippen molar-refractivity contribution in [2.24, 2.45) is 0 Å². The second-order valence-electron chi connectivity index (χ2n) is 9.06. The summed E-state index contributed by atoms with van der Waals surface area (Å²) in [6.07, 6.45) is 4.50. The SMILES string of the molecule is C/C(F)=C/C(=O)Nc1cccc(-c2cccc3cnc(Nc4ccc(N5CCN(C)CC5)nc4)nc23)c1. The Morgan fingerprint density at radius 1 is 0.973 bits per heavy atom. The van der Waals surface area contributed by atoms with Crippen LogP contribution in [0.3, 0.4) is 0 Å². The number of hydrogen-bond donors (Lipinski definition) is 2. The fourth-order valence-corrected chi connectivity index (χ4v) is 4.28. The smallest absolute Gasteiger partial charge is 0.250 e. The van der Waals surface area contributed by atoms with Crippen molar-refractivity contribution in [2.75, 3.05) is 48.8 Å². The Morgan fingerprint density at radius 3 is 2.54 bits per heavy atom. The van der Waals surface area contributed by atoms with Crippen LogP contribution >= 0.6 is 0 Å². The van der Waals surface area contributed by atoms with Crippen molar-refractivity contribution in [3.8, 4) is 11.1 Å². The normalized spacial score (nSPS) is 14.6. The Balaban J connectivity index is 1.38. The van der Waals surface area contributed by atoms with Crippen LogP contribution in [-0.2, 0) is 4.79 Å². The van der Waals surface area contributed by atoms with Gasteiger partial charge in [-0.1, -0.05) is 30.3 Å². The molecule has 0 unspecified atom stereocenters. The lowest BCUT2D eigenvalue weighted by molar-refractivity contribution is -0.112. The van der Waals surface area contributed by atoms with Gasteiger partial charge in [0.1, 0.15) is 11.6 Å². The number of hydrogen-bond acceptors (Lipinski definition) is 7. The standard InChI is InChI=1S/C28H28FN7O/c1-19(29)15-26(37)32-22-7-3-5-20(16-22)24-8-4-6-21-17-31-28(34-27(21)24)33-23-9-10-25(30-18-23)36-13-11-35(2)12-14-36/h3-10,15-18H,11-14H2,1-2H3,(H,32,37)(H,31,33,34)/b19-15-. The zero-order valence-corrected chi connectivity index (χ0v) is 20.8. The fraction of sp³-hybridized carbons (Fsp3) is 0.214. The zero-order chi connectivity index (χ0) is 25.8. The molecule has 1 saturated heterocycles. The largest absolute Gasteiger partial charge is 0.354 e. The van der Waals surface area contributed by atoms with Gasteiger partial charge in [-0.15, -0.1) is 0 Å². The summed E-state index contributed by atoms with van der Waals surface area (Å²) in [5.41, 5.74) is 3.89. The quantitative estimate of drug-likeness (QED) is 0.363. The summed E-state index contributed by atoms with van der Waals surface area (Å²) >= 11 is 0. The molecule has 188 valence electrons. The summed E-state index contributed by atoms with van der Waals surface area (Å²) in [7, 11) is 2.13. The number of carbonyl (C=O) groups excluding carboxylic acids is 1. The maximum Gasteiger partial charge on any atom is 0.250 e. The molecule has 2 aromatic heterocycles. The number of likely N-dealkylation sites (N-methyl/N-ethyl adjacent to an activating group) is 1. The molecule has 4 aromatic rings. The lowest BCUT2D eigenvalue weighted by Crippen LogP contribution is -2.44. The molecule has 9 heteroatoms. The van der Waals surface area contributed by atoms with E-state index < -0.39 is 11.7 Å². The Kier molecular flexibility index (Phi) is 7.04. The first-order valence-electron chi connectivity index (χ1n) is 12.1. The minimum absolute atomic E-state index is 0.460. The Hall–Kier alpha value is -4.37. The van der Waals surface area contributed by atoms with Gasteiger partial charge < -0.3 is 20.4 Å².